The quantitative estimate of drug-likeness (QED) is 0.775. The monoisotopic (exact) mass is 205 g/mol. The molecule has 0 radical (unpaired) electrons. The Labute approximate surface area is 91.0 Å². The molecule has 0 bridgehead atoms. The molecule has 3 nitrogen and oxygen atoms in total. The first-order chi connectivity index (χ1) is 7.16. The van der Waals surface area contributed by atoms with Crippen molar-refractivity contribution in [1.82, 2.24) is 15.0 Å². The van der Waals surface area contributed by atoms with E-state index < -0.39 is 0 Å². The molecule has 2 aromatic heterocycles. The third-order valence-electron chi connectivity index (χ3n) is 2.04. The zero-order valence-corrected chi connectivity index (χ0v) is 10.1. The third kappa shape index (κ3) is 2.55. The molecule has 0 aromatic carbocycles. The van der Waals surface area contributed by atoms with E-state index in [0.717, 1.165) is 22.6 Å². The van der Waals surface area contributed by atoms with E-state index in [9.17, 15) is 0 Å². The van der Waals surface area contributed by atoms with Crippen LogP contribution in [0, 0.1) is 6.92 Å². The summed E-state index contributed by atoms with van der Waals surface area (Å²) >= 11 is 0. The van der Waals surface area contributed by atoms with Gasteiger partial charge in [-0.2, -0.15) is 0 Å². The molecule has 15 heavy (non-hydrogen) atoms. The highest BCUT2D eigenvalue weighted by molar-refractivity contribution is 5.74. The summed E-state index contributed by atoms with van der Waals surface area (Å²) in [5.41, 5.74) is 3.16. The van der Waals surface area contributed by atoms with Crippen LogP contribution in [-0.4, -0.2) is 15.0 Å². The number of hydrogen-bond acceptors (Lipinski definition) is 2. The Morgan fingerprint density at radius 3 is 2.53 bits per heavy atom. The molecule has 2 rings (SSSR count). The summed E-state index contributed by atoms with van der Waals surface area (Å²) in [6, 6.07) is 2.04. The van der Waals surface area contributed by atoms with Crippen LogP contribution < -0.4 is 0 Å². The Morgan fingerprint density at radius 1 is 1.27 bits per heavy atom. The summed E-state index contributed by atoms with van der Waals surface area (Å²) in [6.45, 7) is 10.2. The topological polar surface area (TPSA) is 41.6 Å². The first kappa shape index (κ1) is 11.7. The van der Waals surface area contributed by atoms with Gasteiger partial charge in [-0.25, -0.2) is 9.97 Å². The molecule has 3 heteroatoms. The second kappa shape index (κ2) is 4.91. The number of aromatic amines is 1. The Kier molecular flexibility index (Phi) is 3.83. The second-order valence-corrected chi connectivity index (χ2v) is 3.63. The lowest BCUT2D eigenvalue weighted by atomic mass is 10.2. The number of nitrogens with one attached hydrogen (secondary N) is 1. The maximum absolute atomic E-state index is 4.45. The molecule has 0 aliphatic heterocycles. The van der Waals surface area contributed by atoms with Gasteiger partial charge in [-0.1, -0.05) is 27.7 Å². The summed E-state index contributed by atoms with van der Waals surface area (Å²) in [4.78, 5) is 11.9. The maximum Gasteiger partial charge on any atom is 0.131 e. The van der Waals surface area contributed by atoms with Crippen molar-refractivity contribution in [2.45, 2.75) is 40.5 Å². The largest absolute Gasteiger partial charge is 0.356 e. The highest BCUT2D eigenvalue weighted by atomic mass is 14.9. The Morgan fingerprint density at radius 2 is 1.93 bits per heavy atom. The van der Waals surface area contributed by atoms with E-state index in [2.05, 4.69) is 28.8 Å². The Hall–Kier alpha value is -1.38. The molecule has 0 spiro atoms. The van der Waals surface area contributed by atoms with Crippen molar-refractivity contribution in [3.63, 3.8) is 0 Å². The van der Waals surface area contributed by atoms with Crippen LogP contribution in [0.5, 0.6) is 0 Å². The molecule has 2 aromatic rings. The van der Waals surface area contributed by atoms with Crippen molar-refractivity contribution in [2.75, 3.05) is 0 Å². The van der Waals surface area contributed by atoms with Crippen molar-refractivity contribution < 1.29 is 0 Å². The minimum atomic E-state index is 0.389. The normalized spacial score (nSPS) is 10.3. The third-order valence-corrected chi connectivity index (χ3v) is 2.04. The van der Waals surface area contributed by atoms with Crippen LogP contribution in [0.4, 0.5) is 0 Å². The van der Waals surface area contributed by atoms with E-state index in [1.165, 1.54) is 0 Å². The summed E-state index contributed by atoms with van der Waals surface area (Å²) in [6.07, 6.45) is 1.85. The van der Waals surface area contributed by atoms with Gasteiger partial charge in [-0.05, 0) is 13.0 Å². The van der Waals surface area contributed by atoms with Crippen LogP contribution in [0.15, 0.2) is 12.3 Å². The highest BCUT2D eigenvalue weighted by Gasteiger charge is 2.04. The summed E-state index contributed by atoms with van der Waals surface area (Å²) in [5.74, 6) is 1.30. The maximum atomic E-state index is 4.45. The number of hydrogen-bond donors (Lipinski definition) is 1. The van der Waals surface area contributed by atoms with E-state index in [4.69, 9.17) is 0 Å². The van der Waals surface area contributed by atoms with Crippen LogP contribution >= 0.6 is 0 Å². The molecular formula is C12H19N3. The lowest BCUT2D eigenvalue weighted by Gasteiger charge is -2.01. The van der Waals surface area contributed by atoms with E-state index in [-0.39, 0.29) is 0 Å². The van der Waals surface area contributed by atoms with Gasteiger partial charge >= 0.3 is 0 Å². The van der Waals surface area contributed by atoms with E-state index >= 15 is 0 Å². The van der Waals surface area contributed by atoms with Crippen molar-refractivity contribution in [3.8, 4) is 0 Å². The summed E-state index contributed by atoms with van der Waals surface area (Å²) in [7, 11) is 0. The smallest absolute Gasteiger partial charge is 0.131 e. The molecule has 0 saturated heterocycles. The highest BCUT2D eigenvalue weighted by Crippen LogP contribution is 2.15. The van der Waals surface area contributed by atoms with Gasteiger partial charge < -0.3 is 4.98 Å². The molecule has 0 saturated carbocycles. The fraction of sp³-hybridized carbons (Fsp3) is 0.500. The average molecular weight is 205 g/mol. The Bertz CT molecular complexity index is 429. The molecule has 0 atom stereocenters. The summed E-state index contributed by atoms with van der Waals surface area (Å²) < 4.78 is 0. The van der Waals surface area contributed by atoms with Crippen LogP contribution in [0.2, 0.25) is 0 Å². The number of fused-ring (bicyclic) bond motifs is 1. The standard InChI is InChI=1S/C10H13N3.C2H6/c1-6(2)10-11-5-9-8(13-10)4-7(3)12-9;1-2/h4-6,12H,1-3H3;1-2H3. The van der Waals surface area contributed by atoms with Gasteiger partial charge in [0.2, 0.25) is 0 Å². The van der Waals surface area contributed by atoms with E-state index in [1.54, 1.807) is 0 Å². The minimum Gasteiger partial charge on any atom is -0.356 e. The molecule has 2 heterocycles. The van der Waals surface area contributed by atoms with Gasteiger partial charge in [0.05, 0.1) is 17.2 Å². The fourth-order valence-corrected chi connectivity index (χ4v) is 1.35. The first-order valence-corrected chi connectivity index (χ1v) is 5.49. The predicted molar refractivity (Wildman–Crippen MR) is 64.1 cm³/mol. The molecule has 0 fully saturated rings. The number of rotatable bonds is 1. The SMILES string of the molecule is CC.Cc1cc2nc(C(C)C)ncc2[nH]1. The van der Waals surface area contributed by atoms with Crippen LogP contribution in [0.25, 0.3) is 11.0 Å². The zero-order valence-electron chi connectivity index (χ0n) is 10.1. The van der Waals surface area contributed by atoms with Crippen LogP contribution in [0.3, 0.4) is 0 Å². The van der Waals surface area contributed by atoms with Crippen LogP contribution in [0.1, 0.15) is 45.1 Å². The fourth-order valence-electron chi connectivity index (χ4n) is 1.35. The van der Waals surface area contributed by atoms with E-state index in [0.29, 0.717) is 5.92 Å². The molecule has 0 amide bonds. The first-order valence-electron chi connectivity index (χ1n) is 5.49. The van der Waals surface area contributed by atoms with Crippen molar-refractivity contribution >= 4 is 11.0 Å². The van der Waals surface area contributed by atoms with Gasteiger partial charge in [-0.3, -0.25) is 0 Å². The van der Waals surface area contributed by atoms with Crippen molar-refractivity contribution in [2.24, 2.45) is 0 Å². The van der Waals surface area contributed by atoms with Crippen molar-refractivity contribution in [1.29, 1.82) is 0 Å². The molecule has 82 valence electrons. The molecule has 0 unspecified atom stereocenters. The lowest BCUT2D eigenvalue weighted by molar-refractivity contribution is 0.783. The van der Waals surface area contributed by atoms with Gasteiger partial charge in [0.15, 0.2) is 0 Å². The molecule has 0 aliphatic rings. The van der Waals surface area contributed by atoms with Gasteiger partial charge in [-0.15, -0.1) is 0 Å². The van der Waals surface area contributed by atoms with Crippen LogP contribution in [-0.2, 0) is 0 Å². The van der Waals surface area contributed by atoms with Gasteiger partial charge in [0.1, 0.15) is 5.82 Å². The lowest BCUT2D eigenvalue weighted by Crippen LogP contribution is -1.95. The average Bonchev–Trinajstić information content (AvgIpc) is 2.59. The van der Waals surface area contributed by atoms with Gasteiger partial charge in [0, 0.05) is 11.6 Å². The Balaban J connectivity index is 0.000000531. The number of nitrogens with zero attached hydrogens (tertiary/aromatic N) is 2. The van der Waals surface area contributed by atoms with E-state index in [1.807, 2.05) is 33.0 Å². The number of aryl methyl sites for hydroxylation is 1. The van der Waals surface area contributed by atoms with Crippen molar-refractivity contribution in [3.05, 3.63) is 23.8 Å². The zero-order chi connectivity index (χ0) is 11.4. The van der Waals surface area contributed by atoms with Gasteiger partial charge in [0.25, 0.3) is 0 Å². The number of aromatic nitrogens is 3. The number of H-pyrrole nitrogens is 1. The predicted octanol–water partition coefficient (Wildman–Crippen LogP) is 3.42. The summed E-state index contributed by atoms with van der Waals surface area (Å²) in [5, 5.41) is 0. The molecule has 1 N–H and O–H groups in total. The minimum absolute atomic E-state index is 0.389. The molecular weight excluding hydrogens is 186 g/mol. The molecule has 0 aliphatic carbocycles. The second-order valence-electron chi connectivity index (χ2n) is 3.63.